The van der Waals surface area contributed by atoms with Gasteiger partial charge in [0.15, 0.2) is 0 Å². The van der Waals surface area contributed by atoms with E-state index in [2.05, 4.69) is 10.2 Å². The highest BCUT2D eigenvalue weighted by Gasteiger charge is 2.09. The number of hydrogen-bond acceptors (Lipinski definition) is 3. The smallest absolute Gasteiger partial charge is 0.225 e. The molecule has 78 valence electrons. The van der Waals surface area contributed by atoms with E-state index in [0.717, 1.165) is 0 Å². The third kappa shape index (κ3) is 1.73. The number of H-pyrrole nitrogens is 1. The van der Waals surface area contributed by atoms with Crippen LogP contribution in [-0.2, 0) is 0 Å². The van der Waals surface area contributed by atoms with Gasteiger partial charge in [0.05, 0.1) is 10.7 Å². The highest BCUT2D eigenvalue weighted by Crippen LogP contribution is 2.23. The average Bonchev–Trinajstić information content (AvgIpc) is 2.51. The van der Waals surface area contributed by atoms with E-state index in [1.54, 1.807) is 0 Å². The van der Waals surface area contributed by atoms with Crippen molar-refractivity contribution >= 4 is 29.8 Å². The number of nitrogens with one attached hydrogen (secondary N) is 1. The fraction of sp³-hybridized carbons (Fsp3) is 0. The summed E-state index contributed by atoms with van der Waals surface area (Å²) in [5.41, 5.74) is 5.93. The molecule has 0 amide bonds. The van der Waals surface area contributed by atoms with Gasteiger partial charge in [0, 0.05) is 0 Å². The first-order valence-electron chi connectivity index (χ1n) is 3.98. The van der Waals surface area contributed by atoms with E-state index in [-0.39, 0.29) is 10.7 Å². The molecule has 3 N–H and O–H groups in total. The molecular formula is C8H6ClFN4S. The van der Waals surface area contributed by atoms with Crippen LogP contribution in [0.1, 0.15) is 0 Å². The number of nitrogen functional groups attached to an aromatic ring is 1. The number of halogens is 2. The van der Waals surface area contributed by atoms with Crippen molar-refractivity contribution in [1.82, 2.24) is 14.8 Å². The van der Waals surface area contributed by atoms with Crippen LogP contribution in [0.3, 0.4) is 0 Å². The van der Waals surface area contributed by atoms with E-state index in [9.17, 15) is 4.39 Å². The minimum Gasteiger partial charge on any atom is -0.368 e. The summed E-state index contributed by atoms with van der Waals surface area (Å²) in [4.78, 5) is 0. The predicted octanol–water partition coefficient (Wildman–Crippen LogP) is 2.30. The number of benzene rings is 1. The van der Waals surface area contributed by atoms with Gasteiger partial charge in [0.1, 0.15) is 5.82 Å². The number of nitrogens with two attached hydrogens (primary N) is 1. The Bertz CT molecular complexity index is 562. The molecule has 4 nitrogen and oxygen atoms in total. The lowest BCUT2D eigenvalue weighted by molar-refractivity contribution is 0.626. The Morgan fingerprint density at radius 3 is 2.87 bits per heavy atom. The van der Waals surface area contributed by atoms with Gasteiger partial charge in [-0.15, -0.1) is 5.10 Å². The second kappa shape index (κ2) is 3.63. The molecule has 0 unspecified atom stereocenters. The summed E-state index contributed by atoms with van der Waals surface area (Å²) in [6.45, 7) is 0. The number of aromatic amines is 1. The standard InChI is InChI=1S/C8H6ClFN4S/c9-5-2-1-4(10)3-6(5)14-7(11)12-13-8(14)15/h1-3H,(H2,11,12)(H,13,15). The average molecular weight is 245 g/mol. The van der Waals surface area contributed by atoms with E-state index in [1.807, 2.05) is 0 Å². The molecule has 7 heteroatoms. The number of hydrogen-bond donors (Lipinski definition) is 2. The number of aromatic nitrogens is 3. The Balaban J connectivity index is 2.74. The summed E-state index contributed by atoms with van der Waals surface area (Å²) < 4.78 is 14.7. The van der Waals surface area contributed by atoms with Gasteiger partial charge in [-0.2, -0.15) is 0 Å². The van der Waals surface area contributed by atoms with Crippen LogP contribution in [-0.4, -0.2) is 14.8 Å². The fourth-order valence-electron chi connectivity index (χ4n) is 1.20. The summed E-state index contributed by atoms with van der Waals surface area (Å²) >= 11 is 10.8. The van der Waals surface area contributed by atoms with Crippen LogP contribution in [0.4, 0.5) is 10.3 Å². The first-order valence-corrected chi connectivity index (χ1v) is 4.76. The Labute approximate surface area is 94.5 Å². The van der Waals surface area contributed by atoms with Crippen LogP contribution < -0.4 is 5.73 Å². The molecule has 0 atom stereocenters. The zero-order chi connectivity index (χ0) is 11.0. The molecule has 1 aromatic heterocycles. The first-order chi connectivity index (χ1) is 7.09. The van der Waals surface area contributed by atoms with Gasteiger partial charge < -0.3 is 5.73 Å². The molecule has 0 aliphatic rings. The maximum Gasteiger partial charge on any atom is 0.225 e. The van der Waals surface area contributed by atoms with Crippen molar-refractivity contribution in [3.05, 3.63) is 33.8 Å². The molecule has 0 saturated carbocycles. The Kier molecular flexibility index (Phi) is 2.45. The lowest BCUT2D eigenvalue weighted by atomic mass is 10.3. The summed E-state index contributed by atoms with van der Waals surface area (Å²) in [5.74, 6) is -0.288. The third-order valence-corrected chi connectivity index (χ3v) is 2.44. The molecule has 0 saturated heterocycles. The van der Waals surface area contributed by atoms with Crippen LogP contribution >= 0.6 is 23.8 Å². The van der Waals surface area contributed by atoms with E-state index in [1.165, 1.54) is 22.8 Å². The van der Waals surface area contributed by atoms with Gasteiger partial charge in [-0.1, -0.05) is 11.6 Å². The second-order valence-electron chi connectivity index (χ2n) is 2.82. The highest BCUT2D eigenvalue weighted by atomic mass is 35.5. The largest absolute Gasteiger partial charge is 0.368 e. The molecule has 0 spiro atoms. The molecule has 1 aromatic carbocycles. The topological polar surface area (TPSA) is 59.6 Å². The third-order valence-electron chi connectivity index (χ3n) is 1.85. The first kappa shape index (κ1) is 10.1. The molecule has 0 bridgehead atoms. The number of nitrogens with zero attached hydrogens (tertiary/aromatic N) is 2. The quantitative estimate of drug-likeness (QED) is 0.757. The second-order valence-corrected chi connectivity index (χ2v) is 3.61. The number of rotatable bonds is 1. The molecule has 2 aromatic rings. The van der Waals surface area contributed by atoms with Crippen LogP contribution in [0.15, 0.2) is 18.2 Å². The Hall–Kier alpha value is -1.40. The van der Waals surface area contributed by atoms with Crippen molar-refractivity contribution < 1.29 is 4.39 Å². The van der Waals surface area contributed by atoms with Gasteiger partial charge in [-0.25, -0.2) is 9.49 Å². The van der Waals surface area contributed by atoms with Gasteiger partial charge >= 0.3 is 0 Å². The van der Waals surface area contributed by atoms with Crippen molar-refractivity contribution in [1.29, 1.82) is 0 Å². The molecule has 0 aliphatic carbocycles. The Morgan fingerprint density at radius 1 is 1.53 bits per heavy atom. The fourth-order valence-corrected chi connectivity index (χ4v) is 1.64. The van der Waals surface area contributed by atoms with Crippen LogP contribution in [0, 0.1) is 10.6 Å². The molecular weight excluding hydrogens is 239 g/mol. The highest BCUT2D eigenvalue weighted by molar-refractivity contribution is 7.71. The SMILES string of the molecule is Nc1n[nH]c(=S)n1-c1cc(F)ccc1Cl. The minimum absolute atomic E-state index is 0.132. The summed E-state index contributed by atoms with van der Waals surface area (Å²) in [6, 6.07) is 3.93. The normalized spacial score (nSPS) is 10.5. The minimum atomic E-state index is -0.420. The molecule has 0 aliphatic heterocycles. The van der Waals surface area contributed by atoms with Crippen LogP contribution in [0.5, 0.6) is 0 Å². The van der Waals surface area contributed by atoms with Crippen molar-refractivity contribution in [2.75, 3.05) is 5.73 Å². The van der Waals surface area contributed by atoms with Crippen LogP contribution in [0.25, 0.3) is 5.69 Å². The monoisotopic (exact) mass is 244 g/mol. The van der Waals surface area contributed by atoms with Gasteiger partial charge in [-0.3, -0.25) is 4.57 Å². The van der Waals surface area contributed by atoms with E-state index in [0.29, 0.717) is 10.7 Å². The maximum absolute atomic E-state index is 13.0. The predicted molar refractivity (Wildman–Crippen MR) is 58.1 cm³/mol. The van der Waals surface area contributed by atoms with E-state index >= 15 is 0 Å². The number of anilines is 1. The maximum atomic E-state index is 13.0. The Morgan fingerprint density at radius 2 is 2.27 bits per heavy atom. The lowest BCUT2D eigenvalue weighted by Crippen LogP contribution is -2.01. The van der Waals surface area contributed by atoms with Crippen molar-refractivity contribution in [3.63, 3.8) is 0 Å². The van der Waals surface area contributed by atoms with E-state index < -0.39 is 5.82 Å². The van der Waals surface area contributed by atoms with Crippen molar-refractivity contribution in [2.45, 2.75) is 0 Å². The van der Waals surface area contributed by atoms with Gasteiger partial charge in [-0.05, 0) is 30.4 Å². The zero-order valence-corrected chi connectivity index (χ0v) is 8.94. The summed E-state index contributed by atoms with van der Waals surface area (Å²) in [6.07, 6.45) is 0. The molecule has 1 heterocycles. The molecule has 0 fully saturated rings. The lowest BCUT2D eigenvalue weighted by Gasteiger charge is -2.05. The van der Waals surface area contributed by atoms with Crippen molar-refractivity contribution in [2.24, 2.45) is 0 Å². The van der Waals surface area contributed by atoms with Crippen molar-refractivity contribution in [3.8, 4) is 5.69 Å². The zero-order valence-electron chi connectivity index (χ0n) is 7.37. The molecule has 2 rings (SSSR count). The van der Waals surface area contributed by atoms with Gasteiger partial charge in [0.2, 0.25) is 10.7 Å². The van der Waals surface area contributed by atoms with E-state index in [4.69, 9.17) is 29.6 Å². The summed E-state index contributed by atoms with van der Waals surface area (Å²) in [7, 11) is 0. The summed E-state index contributed by atoms with van der Waals surface area (Å²) in [5, 5.41) is 6.55. The van der Waals surface area contributed by atoms with Crippen LogP contribution in [0.2, 0.25) is 5.02 Å². The molecule has 15 heavy (non-hydrogen) atoms. The molecule has 0 radical (unpaired) electrons. The van der Waals surface area contributed by atoms with Gasteiger partial charge in [0.25, 0.3) is 0 Å².